The van der Waals surface area contributed by atoms with Gasteiger partial charge in [-0.2, -0.15) is 5.26 Å². The quantitative estimate of drug-likeness (QED) is 0.691. The van der Waals surface area contributed by atoms with E-state index in [2.05, 4.69) is 9.97 Å². The number of H-pyrrole nitrogens is 1. The predicted octanol–water partition coefficient (Wildman–Crippen LogP) is -1.05. The van der Waals surface area contributed by atoms with Gasteiger partial charge in [0.2, 0.25) is 0 Å². The van der Waals surface area contributed by atoms with Crippen molar-refractivity contribution in [2.24, 2.45) is 0 Å². The van der Waals surface area contributed by atoms with E-state index in [0.717, 1.165) is 0 Å². The Morgan fingerprint density at radius 2 is 2.35 bits per heavy atom. The third-order valence-electron chi connectivity index (χ3n) is 2.79. The van der Waals surface area contributed by atoms with E-state index in [4.69, 9.17) is 5.26 Å². The zero-order valence-electron chi connectivity index (χ0n) is 11.8. The molecule has 2 aromatic rings. The summed E-state index contributed by atoms with van der Waals surface area (Å²) in [6.07, 6.45) is 2.95. The Kier molecular flexibility index (Phi) is 5.51. The molecule has 0 saturated carbocycles. The number of benzene rings is 1. The van der Waals surface area contributed by atoms with Gasteiger partial charge in [0, 0.05) is 11.9 Å². The molecule has 0 amide bonds. The molecule has 1 heterocycles. The molecule has 1 aromatic carbocycles. The predicted molar refractivity (Wildman–Crippen MR) is 64.9 cm³/mol. The second-order valence-electron chi connectivity index (χ2n) is 4.03. The second kappa shape index (κ2) is 6.90. The van der Waals surface area contributed by atoms with Crippen molar-refractivity contribution in [2.45, 2.75) is 12.3 Å². The van der Waals surface area contributed by atoms with Crippen LogP contribution < -0.4 is 18.9 Å². The van der Waals surface area contributed by atoms with Crippen molar-refractivity contribution in [3.05, 3.63) is 53.4 Å². The first-order chi connectivity index (χ1) is 9.11. The molecule has 0 fully saturated rings. The van der Waals surface area contributed by atoms with Crippen molar-refractivity contribution in [1.82, 2.24) is 9.97 Å². The maximum Gasteiger partial charge on any atom is 1.00 e. The molecule has 1 unspecified atom stereocenters. The van der Waals surface area contributed by atoms with Gasteiger partial charge < -0.3 is 11.5 Å². The number of halogens is 1. The van der Waals surface area contributed by atoms with Gasteiger partial charge in [0.05, 0.1) is 11.9 Å². The maximum atomic E-state index is 13.5. The Morgan fingerprint density at radius 1 is 1.60 bits per heavy atom. The molecular formula is C13H11FLiN3O2. The van der Waals surface area contributed by atoms with Gasteiger partial charge in [-0.05, 0) is 24.1 Å². The first-order valence-corrected chi connectivity index (χ1v) is 5.51. The van der Waals surface area contributed by atoms with Crippen molar-refractivity contribution in [3.8, 4) is 6.07 Å². The summed E-state index contributed by atoms with van der Waals surface area (Å²) < 4.78 is 13.5. The number of carbonyl (C=O) groups is 1. The molecule has 20 heavy (non-hydrogen) atoms. The first kappa shape index (κ1) is 16.0. The fourth-order valence-corrected chi connectivity index (χ4v) is 1.80. The van der Waals surface area contributed by atoms with Crippen LogP contribution in [0.4, 0.5) is 4.39 Å². The first-order valence-electron chi connectivity index (χ1n) is 5.51. The molecule has 2 N–H and O–H groups in total. The van der Waals surface area contributed by atoms with Crippen LogP contribution in [-0.4, -0.2) is 21.0 Å². The third-order valence-corrected chi connectivity index (χ3v) is 2.79. The van der Waals surface area contributed by atoms with Crippen LogP contribution in [0, 0.1) is 17.1 Å². The van der Waals surface area contributed by atoms with Gasteiger partial charge >= 0.3 is 24.8 Å². The molecule has 1 aromatic heterocycles. The number of hydrogen-bond donors (Lipinski definition) is 2. The van der Waals surface area contributed by atoms with Gasteiger partial charge in [-0.3, -0.25) is 4.79 Å². The Labute approximate surface area is 128 Å². The molecule has 98 valence electrons. The number of aliphatic carboxylic acids is 1. The van der Waals surface area contributed by atoms with Crippen LogP contribution in [0.25, 0.3) is 0 Å². The molecule has 0 saturated heterocycles. The SMILES string of the molecule is N#Cc1ccc(CC(C(=O)O)c2cnc[nH]2)cc1F.[H-].[Li+]. The van der Waals surface area contributed by atoms with Gasteiger partial charge in [0.25, 0.3) is 0 Å². The summed E-state index contributed by atoms with van der Waals surface area (Å²) in [6.45, 7) is 0. The molecule has 0 radical (unpaired) electrons. The van der Waals surface area contributed by atoms with Crippen LogP contribution in [-0.2, 0) is 11.2 Å². The van der Waals surface area contributed by atoms with E-state index in [1.54, 1.807) is 12.1 Å². The summed E-state index contributed by atoms with van der Waals surface area (Å²) in [5, 5.41) is 17.8. The largest absolute Gasteiger partial charge is 1.00 e. The fourth-order valence-electron chi connectivity index (χ4n) is 1.80. The van der Waals surface area contributed by atoms with E-state index < -0.39 is 17.7 Å². The van der Waals surface area contributed by atoms with Gasteiger partial charge in [0.15, 0.2) is 0 Å². The molecule has 0 aliphatic rings. The zero-order chi connectivity index (χ0) is 13.8. The van der Waals surface area contributed by atoms with Crippen LogP contribution in [0.1, 0.15) is 24.2 Å². The van der Waals surface area contributed by atoms with Crippen molar-refractivity contribution >= 4 is 5.97 Å². The number of rotatable bonds is 4. The molecular weight excluding hydrogens is 256 g/mol. The molecule has 7 heteroatoms. The molecule has 5 nitrogen and oxygen atoms in total. The van der Waals surface area contributed by atoms with Crippen molar-refractivity contribution in [2.75, 3.05) is 0 Å². The van der Waals surface area contributed by atoms with Crippen molar-refractivity contribution < 1.29 is 34.6 Å². The van der Waals surface area contributed by atoms with E-state index in [-0.39, 0.29) is 32.3 Å². The number of carboxylic acids is 1. The standard InChI is InChI=1S/C13H10FN3O2.Li.H/c14-11-4-8(1-2-9(11)5-15)3-10(13(18)19)12-6-16-7-17-12;;/h1-2,4,6-7,10H,3H2,(H,16,17)(H,18,19);;/q;+1;-1. The summed E-state index contributed by atoms with van der Waals surface area (Å²) in [5.41, 5.74) is 0.910. The number of carboxylic acid groups (broad SMARTS) is 1. The summed E-state index contributed by atoms with van der Waals surface area (Å²) in [5.74, 6) is -2.49. The van der Waals surface area contributed by atoms with Crippen LogP contribution in [0.2, 0.25) is 0 Å². The molecule has 0 aliphatic heterocycles. The topological polar surface area (TPSA) is 89.8 Å². The van der Waals surface area contributed by atoms with Gasteiger partial charge in [-0.1, -0.05) is 6.07 Å². The summed E-state index contributed by atoms with van der Waals surface area (Å²) in [6, 6.07) is 5.80. The van der Waals surface area contributed by atoms with Gasteiger partial charge in [-0.15, -0.1) is 0 Å². The van der Waals surface area contributed by atoms with Crippen molar-refractivity contribution in [1.29, 1.82) is 5.26 Å². The number of nitrogens with zero attached hydrogens (tertiary/aromatic N) is 2. The van der Waals surface area contributed by atoms with E-state index in [1.807, 2.05) is 0 Å². The molecule has 0 aliphatic carbocycles. The Morgan fingerprint density at radius 3 is 2.85 bits per heavy atom. The van der Waals surface area contributed by atoms with Crippen LogP contribution in [0.3, 0.4) is 0 Å². The van der Waals surface area contributed by atoms with Crippen LogP contribution >= 0.6 is 0 Å². The normalized spacial score (nSPS) is 11.2. The number of nitrogens with one attached hydrogen (secondary N) is 1. The summed E-state index contributed by atoms with van der Waals surface area (Å²) in [4.78, 5) is 17.7. The minimum atomic E-state index is -1.02. The monoisotopic (exact) mass is 267 g/mol. The Bertz CT molecular complexity index is 643. The molecule has 1 atom stereocenters. The van der Waals surface area contributed by atoms with E-state index in [0.29, 0.717) is 11.3 Å². The Balaban J connectivity index is 0.00000200. The van der Waals surface area contributed by atoms with Crippen LogP contribution in [0.5, 0.6) is 0 Å². The average molecular weight is 267 g/mol. The summed E-state index contributed by atoms with van der Waals surface area (Å²) >= 11 is 0. The molecule has 0 bridgehead atoms. The molecule has 0 spiro atoms. The Hall–Kier alpha value is -2.08. The number of hydrogen-bond acceptors (Lipinski definition) is 3. The van der Waals surface area contributed by atoms with E-state index in [9.17, 15) is 14.3 Å². The van der Waals surface area contributed by atoms with E-state index >= 15 is 0 Å². The minimum Gasteiger partial charge on any atom is -1.00 e. The second-order valence-corrected chi connectivity index (χ2v) is 4.03. The molecule has 2 rings (SSSR count). The van der Waals surface area contributed by atoms with Gasteiger partial charge in [0.1, 0.15) is 17.8 Å². The number of imidazole rings is 1. The summed E-state index contributed by atoms with van der Waals surface area (Å²) in [7, 11) is 0. The number of aromatic nitrogens is 2. The number of aromatic amines is 1. The minimum absolute atomic E-state index is 0. The average Bonchev–Trinajstić information content (AvgIpc) is 2.89. The van der Waals surface area contributed by atoms with Crippen LogP contribution in [0.15, 0.2) is 30.7 Å². The van der Waals surface area contributed by atoms with E-state index in [1.165, 1.54) is 24.7 Å². The fraction of sp³-hybridized carbons (Fsp3) is 0.154. The zero-order valence-corrected chi connectivity index (χ0v) is 10.8. The maximum absolute atomic E-state index is 13.5. The smallest absolute Gasteiger partial charge is 1.00 e. The van der Waals surface area contributed by atoms with Crippen molar-refractivity contribution in [3.63, 3.8) is 0 Å². The number of nitriles is 1. The van der Waals surface area contributed by atoms with Gasteiger partial charge in [-0.25, -0.2) is 9.37 Å². The third kappa shape index (κ3) is 3.48.